The molecule has 0 aliphatic carbocycles. The van der Waals surface area contributed by atoms with Crippen LogP contribution >= 0.6 is 0 Å². The van der Waals surface area contributed by atoms with Crippen molar-refractivity contribution in [3.05, 3.63) is 12.2 Å². The predicted molar refractivity (Wildman–Crippen MR) is 81.3 cm³/mol. The summed E-state index contributed by atoms with van der Waals surface area (Å²) in [5.74, 6) is -0.218. The third-order valence-electron chi connectivity index (χ3n) is 3.09. The summed E-state index contributed by atoms with van der Waals surface area (Å²) in [7, 11) is 0. The van der Waals surface area contributed by atoms with Gasteiger partial charge < -0.3 is 4.74 Å². The molecule has 0 heterocycles. The summed E-state index contributed by atoms with van der Waals surface area (Å²) in [6.07, 6.45) is 6.37. The number of hydrogen-bond donors (Lipinski definition) is 0. The highest BCUT2D eigenvalue weighted by atomic mass is 16.5. The minimum atomic E-state index is -0.218. The molecule has 0 fully saturated rings. The molecule has 0 radical (unpaired) electrons. The van der Waals surface area contributed by atoms with E-state index in [1.165, 1.54) is 0 Å². The second-order valence-electron chi connectivity index (χ2n) is 5.04. The molecular weight excluding hydrogens is 238 g/mol. The van der Waals surface area contributed by atoms with E-state index in [4.69, 9.17) is 4.74 Å². The summed E-state index contributed by atoms with van der Waals surface area (Å²) in [4.78, 5) is 14.0. The van der Waals surface area contributed by atoms with Crippen molar-refractivity contribution in [1.82, 2.24) is 4.90 Å². The summed E-state index contributed by atoms with van der Waals surface area (Å²) < 4.78 is 5.28. The molecule has 0 saturated carbocycles. The lowest BCUT2D eigenvalue weighted by molar-refractivity contribution is -0.139. The van der Waals surface area contributed by atoms with Gasteiger partial charge in [-0.2, -0.15) is 0 Å². The van der Waals surface area contributed by atoms with Gasteiger partial charge in [-0.1, -0.05) is 40.2 Å². The average molecular weight is 269 g/mol. The van der Waals surface area contributed by atoms with E-state index in [1.807, 2.05) is 0 Å². The zero-order valence-electron chi connectivity index (χ0n) is 13.0. The third kappa shape index (κ3) is 9.71. The van der Waals surface area contributed by atoms with E-state index in [2.05, 4.69) is 32.3 Å². The van der Waals surface area contributed by atoms with Gasteiger partial charge in [0.05, 0.1) is 0 Å². The van der Waals surface area contributed by atoms with E-state index in [-0.39, 0.29) is 5.97 Å². The molecule has 19 heavy (non-hydrogen) atoms. The molecule has 0 unspecified atom stereocenters. The van der Waals surface area contributed by atoms with Crippen LogP contribution in [0.1, 0.15) is 59.3 Å². The Hall–Kier alpha value is -0.830. The SMILES string of the molecule is C=C(CCCCC)C(=O)OCCN(CCC)CCC. The first-order valence-corrected chi connectivity index (χ1v) is 7.72. The van der Waals surface area contributed by atoms with Gasteiger partial charge in [0, 0.05) is 12.1 Å². The number of nitrogens with zero attached hydrogens (tertiary/aromatic N) is 1. The monoisotopic (exact) mass is 269 g/mol. The molecule has 0 N–H and O–H groups in total. The number of esters is 1. The fraction of sp³-hybridized carbons (Fsp3) is 0.812. The van der Waals surface area contributed by atoms with Crippen molar-refractivity contribution in [2.24, 2.45) is 0 Å². The van der Waals surface area contributed by atoms with Crippen molar-refractivity contribution >= 4 is 5.97 Å². The smallest absolute Gasteiger partial charge is 0.333 e. The van der Waals surface area contributed by atoms with Crippen LogP contribution < -0.4 is 0 Å². The number of rotatable bonds is 12. The first-order chi connectivity index (χ1) is 9.15. The molecular formula is C16H31NO2. The van der Waals surface area contributed by atoms with E-state index in [0.29, 0.717) is 12.2 Å². The van der Waals surface area contributed by atoms with Crippen molar-refractivity contribution in [2.45, 2.75) is 59.3 Å². The molecule has 3 nitrogen and oxygen atoms in total. The van der Waals surface area contributed by atoms with Crippen LogP contribution in [0.3, 0.4) is 0 Å². The maximum absolute atomic E-state index is 11.7. The Morgan fingerprint density at radius 2 is 1.63 bits per heavy atom. The van der Waals surface area contributed by atoms with Crippen LogP contribution in [0.15, 0.2) is 12.2 Å². The minimum Gasteiger partial charge on any atom is -0.461 e. The normalized spacial score (nSPS) is 10.7. The molecule has 0 atom stereocenters. The van der Waals surface area contributed by atoms with Crippen LogP contribution in [0.4, 0.5) is 0 Å². The highest BCUT2D eigenvalue weighted by molar-refractivity contribution is 5.87. The molecule has 0 aromatic rings. The van der Waals surface area contributed by atoms with Gasteiger partial charge in [0.1, 0.15) is 6.61 Å². The van der Waals surface area contributed by atoms with Crippen molar-refractivity contribution in [3.8, 4) is 0 Å². The second kappa shape index (κ2) is 12.2. The molecule has 0 aliphatic rings. The zero-order chi connectivity index (χ0) is 14.5. The summed E-state index contributed by atoms with van der Waals surface area (Å²) >= 11 is 0. The van der Waals surface area contributed by atoms with Gasteiger partial charge in [-0.05, 0) is 38.8 Å². The highest BCUT2D eigenvalue weighted by Gasteiger charge is 2.09. The number of carbonyl (C=O) groups is 1. The van der Waals surface area contributed by atoms with E-state index < -0.39 is 0 Å². The number of carbonyl (C=O) groups excluding carboxylic acids is 1. The summed E-state index contributed by atoms with van der Waals surface area (Å²) in [5, 5.41) is 0. The zero-order valence-corrected chi connectivity index (χ0v) is 13.0. The van der Waals surface area contributed by atoms with Gasteiger partial charge >= 0.3 is 5.97 Å². The van der Waals surface area contributed by atoms with Crippen molar-refractivity contribution in [3.63, 3.8) is 0 Å². The maximum atomic E-state index is 11.7. The molecule has 0 aliphatic heterocycles. The lowest BCUT2D eigenvalue weighted by atomic mass is 10.1. The first-order valence-electron chi connectivity index (χ1n) is 7.72. The van der Waals surface area contributed by atoms with Crippen LogP contribution in [-0.4, -0.2) is 37.1 Å². The number of ether oxygens (including phenoxy) is 1. The van der Waals surface area contributed by atoms with Crippen LogP contribution in [-0.2, 0) is 9.53 Å². The van der Waals surface area contributed by atoms with Gasteiger partial charge in [0.2, 0.25) is 0 Å². The first kappa shape index (κ1) is 18.2. The van der Waals surface area contributed by atoms with Gasteiger partial charge in [0.15, 0.2) is 0 Å². The van der Waals surface area contributed by atoms with Gasteiger partial charge in [-0.25, -0.2) is 4.79 Å². The van der Waals surface area contributed by atoms with Crippen LogP contribution in [0.25, 0.3) is 0 Å². The van der Waals surface area contributed by atoms with Gasteiger partial charge in [-0.15, -0.1) is 0 Å². The molecule has 0 amide bonds. The predicted octanol–water partition coefficient (Wildman–Crippen LogP) is 3.79. The Kier molecular flexibility index (Phi) is 11.7. The molecule has 0 spiro atoms. The number of hydrogen-bond acceptors (Lipinski definition) is 3. The van der Waals surface area contributed by atoms with Crippen molar-refractivity contribution in [1.29, 1.82) is 0 Å². The Morgan fingerprint density at radius 3 is 2.16 bits per heavy atom. The Labute approximate surface area is 119 Å². The standard InChI is InChI=1S/C16H31NO2/c1-5-8-9-10-15(4)16(18)19-14-13-17(11-6-2)12-7-3/h4-14H2,1-3H3. The number of unbranched alkanes of at least 4 members (excludes halogenated alkanes) is 2. The second-order valence-corrected chi connectivity index (χ2v) is 5.04. The Morgan fingerprint density at radius 1 is 1.00 bits per heavy atom. The lowest BCUT2D eigenvalue weighted by Crippen LogP contribution is -2.30. The third-order valence-corrected chi connectivity index (χ3v) is 3.09. The van der Waals surface area contributed by atoms with Gasteiger partial charge in [-0.3, -0.25) is 4.90 Å². The van der Waals surface area contributed by atoms with Crippen LogP contribution in [0, 0.1) is 0 Å². The van der Waals surface area contributed by atoms with Crippen molar-refractivity contribution < 1.29 is 9.53 Å². The molecule has 112 valence electrons. The topological polar surface area (TPSA) is 29.5 Å². The lowest BCUT2D eigenvalue weighted by Gasteiger charge is -2.20. The largest absolute Gasteiger partial charge is 0.461 e. The van der Waals surface area contributed by atoms with E-state index >= 15 is 0 Å². The minimum absolute atomic E-state index is 0.218. The molecule has 3 heteroatoms. The van der Waals surface area contributed by atoms with Crippen LogP contribution in [0.2, 0.25) is 0 Å². The van der Waals surface area contributed by atoms with E-state index in [9.17, 15) is 4.79 Å². The molecule has 0 aromatic heterocycles. The van der Waals surface area contributed by atoms with E-state index in [1.54, 1.807) is 0 Å². The maximum Gasteiger partial charge on any atom is 0.333 e. The van der Waals surface area contributed by atoms with Crippen molar-refractivity contribution in [2.75, 3.05) is 26.2 Å². The molecule has 0 rings (SSSR count). The summed E-state index contributed by atoms with van der Waals surface area (Å²) in [6, 6.07) is 0. The fourth-order valence-corrected chi connectivity index (χ4v) is 2.03. The van der Waals surface area contributed by atoms with Crippen LogP contribution in [0.5, 0.6) is 0 Å². The van der Waals surface area contributed by atoms with Gasteiger partial charge in [0.25, 0.3) is 0 Å². The average Bonchev–Trinajstić information content (AvgIpc) is 2.39. The molecule has 0 saturated heterocycles. The van der Waals surface area contributed by atoms with E-state index in [0.717, 1.165) is 58.2 Å². The quantitative estimate of drug-likeness (QED) is 0.307. The fourth-order valence-electron chi connectivity index (χ4n) is 2.03. The highest BCUT2D eigenvalue weighted by Crippen LogP contribution is 2.08. The summed E-state index contributed by atoms with van der Waals surface area (Å²) in [5.41, 5.74) is 0.617. The Bertz CT molecular complexity index is 245. The summed E-state index contributed by atoms with van der Waals surface area (Å²) in [6.45, 7) is 13.8. The molecule has 0 bridgehead atoms. The Balaban J connectivity index is 3.78. The molecule has 0 aromatic carbocycles.